The van der Waals surface area contributed by atoms with E-state index in [1.165, 1.54) is 12.3 Å². The molecule has 0 saturated carbocycles. The largest absolute Gasteiger partial charge is 0.507 e. The Labute approximate surface area is 187 Å². The van der Waals surface area contributed by atoms with Crippen LogP contribution < -0.4 is 0 Å². The summed E-state index contributed by atoms with van der Waals surface area (Å²) in [6.07, 6.45) is 4.76. The van der Waals surface area contributed by atoms with Crippen molar-refractivity contribution in [3.05, 3.63) is 53.2 Å². The lowest BCUT2D eigenvalue weighted by Gasteiger charge is -2.27. The predicted octanol–water partition coefficient (Wildman–Crippen LogP) is 2.89. The van der Waals surface area contributed by atoms with Gasteiger partial charge in [0.15, 0.2) is 5.89 Å². The minimum absolute atomic E-state index is 0.0697. The van der Waals surface area contributed by atoms with E-state index in [9.17, 15) is 20.1 Å². The molecule has 3 N–H and O–H groups in total. The Kier molecular flexibility index (Phi) is 8.06. The van der Waals surface area contributed by atoms with Crippen molar-refractivity contribution in [3.8, 4) is 5.75 Å². The van der Waals surface area contributed by atoms with Crippen molar-refractivity contribution in [1.82, 2.24) is 4.98 Å². The van der Waals surface area contributed by atoms with Crippen molar-refractivity contribution in [1.29, 1.82) is 0 Å². The number of rotatable bonds is 10. The van der Waals surface area contributed by atoms with Gasteiger partial charge in [-0.15, -0.1) is 0 Å². The van der Waals surface area contributed by atoms with Gasteiger partial charge in [-0.3, -0.25) is 0 Å². The topological polar surface area (TPSA) is 122 Å². The molecule has 2 heterocycles. The zero-order valence-corrected chi connectivity index (χ0v) is 18.6. The zero-order valence-electron chi connectivity index (χ0n) is 18.6. The van der Waals surface area contributed by atoms with Crippen LogP contribution in [0.1, 0.15) is 54.2 Å². The van der Waals surface area contributed by atoms with E-state index in [4.69, 9.17) is 13.9 Å². The second kappa shape index (κ2) is 10.8. The van der Waals surface area contributed by atoms with E-state index in [0.717, 1.165) is 5.56 Å². The summed E-state index contributed by atoms with van der Waals surface area (Å²) in [6.45, 7) is 3.66. The van der Waals surface area contributed by atoms with E-state index in [-0.39, 0.29) is 35.9 Å². The molecule has 0 amide bonds. The molecule has 1 aromatic heterocycles. The van der Waals surface area contributed by atoms with E-state index >= 15 is 0 Å². The van der Waals surface area contributed by atoms with E-state index < -0.39 is 18.2 Å². The summed E-state index contributed by atoms with van der Waals surface area (Å²) in [7, 11) is 1.57. The number of aromatic nitrogens is 1. The molecule has 8 nitrogen and oxygen atoms in total. The number of oxazole rings is 1. The summed E-state index contributed by atoms with van der Waals surface area (Å²) in [5.74, 6) is -0.497. The van der Waals surface area contributed by atoms with E-state index in [0.29, 0.717) is 30.8 Å². The Balaban J connectivity index is 1.58. The Morgan fingerprint density at radius 1 is 1.31 bits per heavy atom. The first-order valence-electron chi connectivity index (χ1n) is 10.9. The standard InChI is InChI=1S/C24H31NO7/c1-4-19(26)14(2)21(28)12-22-25-16(13-31-22)8-9-17(30-3)11-18-10-15-6-5-7-20(27)23(15)24(29)32-18/h5-9,13-14,17-19,21,26-28H,4,10-12H2,1-3H3/b9-8+/t14-,17+,18+,19-,21+/m1/s1. The molecule has 1 aromatic carbocycles. The number of benzene rings is 1. The molecule has 0 aliphatic carbocycles. The van der Waals surface area contributed by atoms with Crippen molar-refractivity contribution in [2.75, 3.05) is 7.11 Å². The first-order chi connectivity index (χ1) is 15.3. The van der Waals surface area contributed by atoms with Gasteiger partial charge in [-0.25, -0.2) is 9.78 Å². The maximum Gasteiger partial charge on any atom is 0.342 e. The first kappa shape index (κ1) is 24.0. The quantitative estimate of drug-likeness (QED) is 0.477. The Bertz CT molecular complexity index is 938. The molecule has 0 spiro atoms. The van der Waals surface area contributed by atoms with Gasteiger partial charge >= 0.3 is 5.97 Å². The third-order valence-electron chi connectivity index (χ3n) is 5.92. The molecular weight excluding hydrogens is 414 g/mol. The number of aromatic hydroxyl groups is 1. The summed E-state index contributed by atoms with van der Waals surface area (Å²) >= 11 is 0. The van der Waals surface area contributed by atoms with Crippen molar-refractivity contribution >= 4 is 12.0 Å². The number of fused-ring (bicyclic) bond motifs is 1. The molecule has 174 valence electrons. The van der Waals surface area contributed by atoms with Gasteiger partial charge in [-0.2, -0.15) is 0 Å². The summed E-state index contributed by atoms with van der Waals surface area (Å²) < 4.78 is 16.4. The van der Waals surface area contributed by atoms with Crippen molar-refractivity contribution in [2.45, 2.75) is 63.9 Å². The second-order valence-corrected chi connectivity index (χ2v) is 8.18. The van der Waals surface area contributed by atoms with Crippen molar-refractivity contribution in [2.24, 2.45) is 5.92 Å². The Hall–Kier alpha value is -2.68. The summed E-state index contributed by atoms with van der Waals surface area (Å²) in [6, 6.07) is 4.99. The van der Waals surface area contributed by atoms with Crippen LogP contribution in [-0.4, -0.2) is 57.8 Å². The lowest BCUT2D eigenvalue weighted by molar-refractivity contribution is 0.00941. The molecule has 0 saturated heterocycles. The van der Waals surface area contributed by atoms with Gasteiger partial charge in [0, 0.05) is 25.9 Å². The Morgan fingerprint density at radius 2 is 2.09 bits per heavy atom. The fraction of sp³-hybridized carbons (Fsp3) is 0.500. The number of phenols is 1. The number of aliphatic hydroxyl groups is 2. The van der Waals surface area contributed by atoms with Crippen LogP contribution in [0.2, 0.25) is 0 Å². The molecule has 32 heavy (non-hydrogen) atoms. The molecule has 5 atom stereocenters. The SMILES string of the molecule is CC[C@@H](O)[C@@H](C)[C@@H](O)Cc1nc(/C=C/[C@@H](C[C@@H]2Cc3cccc(O)c3C(=O)O2)OC)co1. The highest BCUT2D eigenvalue weighted by molar-refractivity contribution is 5.95. The number of carbonyl (C=O) groups excluding carboxylic acids is 1. The minimum atomic E-state index is -0.754. The molecule has 0 fully saturated rings. The highest BCUT2D eigenvalue weighted by Crippen LogP contribution is 2.30. The summed E-state index contributed by atoms with van der Waals surface area (Å²) in [4.78, 5) is 16.6. The van der Waals surface area contributed by atoms with Gasteiger partial charge in [0.1, 0.15) is 29.4 Å². The maximum atomic E-state index is 12.3. The van der Waals surface area contributed by atoms with Crippen molar-refractivity contribution < 1.29 is 34.0 Å². The highest BCUT2D eigenvalue weighted by Gasteiger charge is 2.30. The molecule has 2 aromatic rings. The number of phenolic OH excluding ortho intramolecular Hbond substituents is 1. The number of aliphatic hydroxyl groups excluding tert-OH is 2. The Morgan fingerprint density at radius 3 is 2.81 bits per heavy atom. The van der Waals surface area contributed by atoms with Gasteiger partial charge in [0.05, 0.1) is 24.7 Å². The van der Waals surface area contributed by atoms with Crippen LogP contribution in [-0.2, 0) is 22.3 Å². The summed E-state index contributed by atoms with van der Waals surface area (Å²) in [5.41, 5.74) is 1.56. The number of esters is 1. The van der Waals surface area contributed by atoms with Gasteiger partial charge in [-0.1, -0.05) is 32.1 Å². The van der Waals surface area contributed by atoms with Gasteiger partial charge in [-0.05, 0) is 24.1 Å². The molecule has 3 rings (SSSR count). The maximum absolute atomic E-state index is 12.3. The molecule has 1 aliphatic rings. The highest BCUT2D eigenvalue weighted by atomic mass is 16.5. The van der Waals surface area contributed by atoms with E-state index in [1.54, 1.807) is 26.2 Å². The number of hydrogen-bond donors (Lipinski definition) is 3. The zero-order chi connectivity index (χ0) is 23.3. The minimum Gasteiger partial charge on any atom is -0.507 e. The van der Waals surface area contributed by atoms with Crippen LogP contribution in [0.5, 0.6) is 5.75 Å². The number of ether oxygens (including phenoxy) is 2. The van der Waals surface area contributed by atoms with Crippen LogP contribution in [0.25, 0.3) is 6.08 Å². The molecule has 0 radical (unpaired) electrons. The van der Waals surface area contributed by atoms with E-state index in [2.05, 4.69) is 4.98 Å². The molecule has 1 aliphatic heterocycles. The van der Waals surface area contributed by atoms with Gasteiger partial charge < -0.3 is 29.2 Å². The van der Waals surface area contributed by atoms with Crippen LogP contribution in [0.3, 0.4) is 0 Å². The fourth-order valence-corrected chi connectivity index (χ4v) is 3.83. The van der Waals surface area contributed by atoms with Gasteiger partial charge in [0.25, 0.3) is 0 Å². The first-order valence-corrected chi connectivity index (χ1v) is 10.9. The second-order valence-electron chi connectivity index (χ2n) is 8.18. The number of methoxy groups -OCH3 is 1. The molecule has 0 bridgehead atoms. The average molecular weight is 446 g/mol. The smallest absolute Gasteiger partial charge is 0.342 e. The fourth-order valence-electron chi connectivity index (χ4n) is 3.83. The number of nitrogens with zero attached hydrogens (tertiary/aromatic N) is 1. The lowest BCUT2D eigenvalue weighted by Crippen LogP contribution is -2.31. The lowest BCUT2D eigenvalue weighted by atomic mass is 9.94. The number of hydrogen-bond acceptors (Lipinski definition) is 8. The normalized spacial score (nSPS) is 19.9. The molecular formula is C24H31NO7. The van der Waals surface area contributed by atoms with Gasteiger partial charge in [0.2, 0.25) is 0 Å². The molecule has 0 unspecified atom stereocenters. The van der Waals surface area contributed by atoms with Crippen molar-refractivity contribution in [3.63, 3.8) is 0 Å². The van der Waals surface area contributed by atoms with Crippen LogP contribution in [0.4, 0.5) is 0 Å². The van der Waals surface area contributed by atoms with Crippen LogP contribution in [0.15, 0.2) is 35.0 Å². The predicted molar refractivity (Wildman–Crippen MR) is 117 cm³/mol. The summed E-state index contributed by atoms with van der Waals surface area (Å²) in [5, 5.41) is 30.1. The third kappa shape index (κ3) is 5.76. The molecule has 8 heteroatoms. The monoisotopic (exact) mass is 445 g/mol. The van der Waals surface area contributed by atoms with Crippen LogP contribution in [0, 0.1) is 5.92 Å². The average Bonchev–Trinajstić information content (AvgIpc) is 3.22. The van der Waals surface area contributed by atoms with Crippen LogP contribution >= 0.6 is 0 Å². The third-order valence-corrected chi connectivity index (χ3v) is 5.92. The van der Waals surface area contributed by atoms with E-state index in [1.807, 2.05) is 19.1 Å². The number of carbonyl (C=O) groups is 1. The number of cyclic esters (lactones) is 1.